The van der Waals surface area contributed by atoms with Gasteiger partial charge in [0.25, 0.3) is 5.56 Å². The zero-order valence-electron chi connectivity index (χ0n) is 11.8. The van der Waals surface area contributed by atoms with E-state index in [0.29, 0.717) is 12.0 Å². The molecule has 0 amide bonds. The molecule has 1 heterocycles. The Bertz CT molecular complexity index is 756. The van der Waals surface area contributed by atoms with E-state index in [0.717, 1.165) is 30.5 Å². The molecule has 1 aliphatic rings. The molecule has 108 valence electrons. The van der Waals surface area contributed by atoms with E-state index >= 15 is 0 Å². The maximum atomic E-state index is 12.2. The molecule has 0 radical (unpaired) electrons. The van der Waals surface area contributed by atoms with Gasteiger partial charge in [-0.2, -0.15) is 0 Å². The van der Waals surface area contributed by atoms with Crippen molar-refractivity contribution in [2.45, 2.75) is 31.6 Å². The lowest BCUT2D eigenvalue weighted by Crippen LogP contribution is -2.29. The second-order valence-electron chi connectivity index (χ2n) is 5.44. The molecule has 0 spiro atoms. The standard InChI is InChI=1S/C17H18N2O2/c20-16-14(11-12-7-3-1-4-8-12)15(18-17(21)19-16)13-9-5-2-6-10-13/h1-5,7-8,13H,6,9-11H2,(H2,18,19,20,21). The molecule has 1 aromatic carbocycles. The average Bonchev–Trinajstić information content (AvgIpc) is 2.51. The molecule has 2 aromatic rings. The van der Waals surface area contributed by atoms with Crippen molar-refractivity contribution in [2.75, 3.05) is 0 Å². The molecule has 0 saturated carbocycles. The Kier molecular flexibility index (Phi) is 3.86. The summed E-state index contributed by atoms with van der Waals surface area (Å²) in [6, 6.07) is 9.86. The lowest BCUT2D eigenvalue weighted by molar-refractivity contribution is 0.589. The van der Waals surface area contributed by atoms with Crippen LogP contribution >= 0.6 is 0 Å². The number of allylic oxidation sites excluding steroid dienone is 2. The Morgan fingerprint density at radius 3 is 2.57 bits per heavy atom. The van der Waals surface area contributed by atoms with Crippen molar-refractivity contribution < 1.29 is 0 Å². The molecular weight excluding hydrogens is 264 g/mol. The van der Waals surface area contributed by atoms with E-state index < -0.39 is 5.69 Å². The predicted molar refractivity (Wildman–Crippen MR) is 82.7 cm³/mol. The normalized spacial score (nSPS) is 17.8. The molecule has 0 fully saturated rings. The summed E-state index contributed by atoms with van der Waals surface area (Å²) < 4.78 is 0. The highest BCUT2D eigenvalue weighted by Gasteiger charge is 2.19. The Hall–Kier alpha value is -2.36. The first-order valence-corrected chi connectivity index (χ1v) is 7.28. The van der Waals surface area contributed by atoms with Crippen molar-refractivity contribution in [1.29, 1.82) is 0 Å². The predicted octanol–water partition coefficient (Wildman–Crippen LogP) is 2.48. The molecule has 1 atom stereocenters. The van der Waals surface area contributed by atoms with Crippen molar-refractivity contribution in [3.05, 3.63) is 80.1 Å². The number of aromatic nitrogens is 2. The summed E-state index contributed by atoms with van der Waals surface area (Å²) in [5.74, 6) is 0.226. The van der Waals surface area contributed by atoms with Gasteiger partial charge in [-0.3, -0.25) is 9.78 Å². The van der Waals surface area contributed by atoms with Crippen LogP contribution in [0.25, 0.3) is 0 Å². The van der Waals surface area contributed by atoms with E-state index in [1.807, 2.05) is 30.3 Å². The monoisotopic (exact) mass is 282 g/mol. The van der Waals surface area contributed by atoms with Crippen LogP contribution in [0.5, 0.6) is 0 Å². The van der Waals surface area contributed by atoms with Gasteiger partial charge in [-0.25, -0.2) is 4.79 Å². The molecule has 3 rings (SSSR count). The van der Waals surface area contributed by atoms with E-state index in [1.54, 1.807) is 0 Å². The molecule has 1 aliphatic carbocycles. The number of nitrogens with one attached hydrogen (secondary N) is 2. The lowest BCUT2D eigenvalue weighted by atomic mass is 9.88. The van der Waals surface area contributed by atoms with Crippen LogP contribution in [-0.2, 0) is 6.42 Å². The number of benzene rings is 1. The van der Waals surface area contributed by atoms with Gasteiger partial charge in [0, 0.05) is 23.6 Å². The number of rotatable bonds is 3. The summed E-state index contributed by atoms with van der Waals surface area (Å²) in [6.45, 7) is 0. The van der Waals surface area contributed by atoms with Gasteiger partial charge in [-0.15, -0.1) is 0 Å². The average molecular weight is 282 g/mol. The van der Waals surface area contributed by atoms with Crippen LogP contribution in [0.2, 0.25) is 0 Å². The summed E-state index contributed by atoms with van der Waals surface area (Å²) in [5, 5.41) is 0. The van der Waals surface area contributed by atoms with Crippen molar-refractivity contribution in [3.8, 4) is 0 Å². The summed E-state index contributed by atoms with van der Waals surface area (Å²) >= 11 is 0. The lowest BCUT2D eigenvalue weighted by Gasteiger charge is -2.20. The highest BCUT2D eigenvalue weighted by molar-refractivity contribution is 5.29. The minimum atomic E-state index is -0.415. The van der Waals surface area contributed by atoms with Crippen molar-refractivity contribution in [1.82, 2.24) is 9.97 Å². The molecule has 4 nitrogen and oxygen atoms in total. The molecule has 21 heavy (non-hydrogen) atoms. The van der Waals surface area contributed by atoms with Crippen LogP contribution in [0.1, 0.15) is 42.0 Å². The molecule has 4 heteroatoms. The van der Waals surface area contributed by atoms with Crippen molar-refractivity contribution in [3.63, 3.8) is 0 Å². The quantitative estimate of drug-likeness (QED) is 0.849. The second-order valence-corrected chi connectivity index (χ2v) is 5.44. The van der Waals surface area contributed by atoms with E-state index in [-0.39, 0.29) is 11.5 Å². The fourth-order valence-corrected chi connectivity index (χ4v) is 2.91. The third-order valence-corrected chi connectivity index (χ3v) is 3.98. The van der Waals surface area contributed by atoms with Crippen LogP contribution in [-0.4, -0.2) is 9.97 Å². The second kappa shape index (κ2) is 5.95. The van der Waals surface area contributed by atoms with Crippen LogP contribution in [0, 0.1) is 0 Å². The largest absolute Gasteiger partial charge is 0.325 e. The molecule has 0 bridgehead atoms. The molecule has 1 aromatic heterocycles. The van der Waals surface area contributed by atoms with E-state index in [2.05, 4.69) is 22.1 Å². The summed E-state index contributed by atoms with van der Waals surface area (Å²) in [5.41, 5.74) is 1.87. The van der Waals surface area contributed by atoms with Crippen LogP contribution < -0.4 is 11.2 Å². The third kappa shape index (κ3) is 3.05. The van der Waals surface area contributed by atoms with Gasteiger partial charge >= 0.3 is 5.69 Å². The smallest absolute Gasteiger partial charge is 0.311 e. The number of hydrogen-bond acceptors (Lipinski definition) is 2. The molecule has 0 saturated heterocycles. The Balaban J connectivity index is 2.04. The van der Waals surface area contributed by atoms with Gasteiger partial charge < -0.3 is 4.98 Å². The Morgan fingerprint density at radius 2 is 1.86 bits per heavy atom. The summed E-state index contributed by atoms with van der Waals surface area (Å²) in [7, 11) is 0. The fraction of sp³-hybridized carbons (Fsp3) is 0.294. The van der Waals surface area contributed by atoms with Crippen LogP contribution in [0.15, 0.2) is 52.1 Å². The minimum absolute atomic E-state index is 0.226. The van der Waals surface area contributed by atoms with Gasteiger partial charge in [0.05, 0.1) is 0 Å². The van der Waals surface area contributed by atoms with Gasteiger partial charge in [0.1, 0.15) is 0 Å². The molecule has 2 N–H and O–H groups in total. The van der Waals surface area contributed by atoms with Gasteiger partial charge in [0.15, 0.2) is 0 Å². The Morgan fingerprint density at radius 1 is 1.05 bits per heavy atom. The third-order valence-electron chi connectivity index (χ3n) is 3.98. The Labute approximate surface area is 122 Å². The highest BCUT2D eigenvalue weighted by Crippen LogP contribution is 2.29. The first-order chi connectivity index (χ1) is 10.2. The van der Waals surface area contributed by atoms with Gasteiger partial charge in [-0.05, 0) is 24.8 Å². The van der Waals surface area contributed by atoms with E-state index in [1.165, 1.54) is 0 Å². The highest BCUT2D eigenvalue weighted by atomic mass is 16.2. The maximum Gasteiger partial charge on any atom is 0.325 e. The van der Waals surface area contributed by atoms with Crippen molar-refractivity contribution >= 4 is 0 Å². The minimum Gasteiger partial charge on any atom is -0.311 e. The molecule has 0 aliphatic heterocycles. The zero-order chi connectivity index (χ0) is 14.7. The summed E-state index contributed by atoms with van der Waals surface area (Å²) in [6.07, 6.45) is 7.66. The first kappa shape index (κ1) is 13.6. The number of aromatic amines is 2. The first-order valence-electron chi connectivity index (χ1n) is 7.28. The number of H-pyrrole nitrogens is 2. The van der Waals surface area contributed by atoms with Gasteiger partial charge in [-0.1, -0.05) is 42.5 Å². The zero-order valence-corrected chi connectivity index (χ0v) is 11.8. The molecule has 1 unspecified atom stereocenters. The fourth-order valence-electron chi connectivity index (χ4n) is 2.91. The molecular formula is C17H18N2O2. The van der Waals surface area contributed by atoms with Crippen molar-refractivity contribution in [2.24, 2.45) is 0 Å². The maximum absolute atomic E-state index is 12.2. The van der Waals surface area contributed by atoms with Crippen LogP contribution in [0.3, 0.4) is 0 Å². The van der Waals surface area contributed by atoms with Crippen LogP contribution in [0.4, 0.5) is 0 Å². The SMILES string of the molecule is O=c1[nH]c(C2CC=CCC2)c(Cc2ccccc2)c(=O)[nH]1. The van der Waals surface area contributed by atoms with Gasteiger partial charge in [0.2, 0.25) is 0 Å². The summed E-state index contributed by atoms with van der Waals surface area (Å²) in [4.78, 5) is 29.1. The topological polar surface area (TPSA) is 65.7 Å². The van der Waals surface area contributed by atoms with E-state index in [9.17, 15) is 9.59 Å². The number of hydrogen-bond donors (Lipinski definition) is 2. The van der Waals surface area contributed by atoms with E-state index in [4.69, 9.17) is 0 Å².